The van der Waals surface area contributed by atoms with Gasteiger partial charge in [0.05, 0.1) is 12.0 Å². The Bertz CT molecular complexity index is 866. The first-order valence-electron chi connectivity index (χ1n) is 11.1. The van der Waals surface area contributed by atoms with Gasteiger partial charge in [-0.3, -0.25) is 4.79 Å². The van der Waals surface area contributed by atoms with Gasteiger partial charge in [-0.05, 0) is 80.7 Å². The number of likely N-dealkylation sites (tertiary alicyclic amines) is 1. The van der Waals surface area contributed by atoms with E-state index in [1.807, 2.05) is 38.1 Å². The van der Waals surface area contributed by atoms with Gasteiger partial charge in [0.2, 0.25) is 5.91 Å². The number of nitrogens with one attached hydrogen (secondary N) is 1. The lowest BCUT2D eigenvalue weighted by molar-refractivity contribution is -0.116. The van der Waals surface area contributed by atoms with Crippen LogP contribution in [0, 0.1) is 12.8 Å². The fraction of sp³-hybridized carbons (Fsp3) is 0.423. The Morgan fingerprint density at radius 3 is 2.71 bits per heavy atom. The molecule has 1 saturated heterocycles. The van der Waals surface area contributed by atoms with Gasteiger partial charge in [0.1, 0.15) is 5.75 Å². The number of carbonyl (C=O) groups is 1. The Hall–Kier alpha value is -2.24. The summed E-state index contributed by atoms with van der Waals surface area (Å²) in [7, 11) is 3.85. The van der Waals surface area contributed by atoms with E-state index in [4.69, 9.17) is 4.74 Å². The summed E-state index contributed by atoms with van der Waals surface area (Å²) in [5, 5.41) is 3.01. The molecule has 0 spiro atoms. The molecule has 3 rings (SSSR count). The standard InChI is InChI=1S/C24H30N2O2S.C2H6/c1-18-16-21(29-23-7-5-4-6-22(23)28-3)10-8-20(18)9-11-24(27)25-14-12-19-13-15-26(2)17-19;1-2/h4-11,16,19H,12-15,17H2,1-3H3,(H,25,27);1-2H3/b11-9+;. The van der Waals surface area contributed by atoms with Crippen molar-refractivity contribution in [2.24, 2.45) is 5.92 Å². The Labute approximate surface area is 192 Å². The molecule has 0 radical (unpaired) electrons. The molecule has 2 aromatic rings. The van der Waals surface area contributed by atoms with E-state index in [-0.39, 0.29) is 5.91 Å². The first-order chi connectivity index (χ1) is 15.0. The summed E-state index contributed by atoms with van der Waals surface area (Å²) in [5.41, 5.74) is 2.20. The van der Waals surface area contributed by atoms with Crippen LogP contribution in [0.2, 0.25) is 0 Å². The van der Waals surface area contributed by atoms with Gasteiger partial charge in [0.15, 0.2) is 0 Å². The molecule has 0 bridgehead atoms. The summed E-state index contributed by atoms with van der Waals surface area (Å²) in [6.45, 7) is 9.13. The zero-order chi connectivity index (χ0) is 22.6. The van der Waals surface area contributed by atoms with Crippen molar-refractivity contribution in [3.63, 3.8) is 0 Å². The fourth-order valence-corrected chi connectivity index (χ4v) is 4.64. The molecule has 5 heteroatoms. The highest BCUT2D eigenvalue weighted by Crippen LogP contribution is 2.35. The van der Waals surface area contributed by atoms with Gasteiger partial charge >= 0.3 is 0 Å². The molecule has 1 unspecified atom stereocenters. The Balaban J connectivity index is 0.00000166. The van der Waals surface area contributed by atoms with Crippen molar-refractivity contribution in [3.05, 3.63) is 59.7 Å². The smallest absolute Gasteiger partial charge is 0.243 e. The molecule has 1 fully saturated rings. The number of para-hydroxylation sites is 1. The number of ether oxygens (including phenoxy) is 1. The summed E-state index contributed by atoms with van der Waals surface area (Å²) in [5.74, 6) is 1.56. The first kappa shape index (κ1) is 25.0. The maximum atomic E-state index is 12.1. The minimum absolute atomic E-state index is 0.0248. The minimum atomic E-state index is -0.0248. The van der Waals surface area contributed by atoms with Crippen LogP contribution in [-0.2, 0) is 4.79 Å². The van der Waals surface area contributed by atoms with Gasteiger partial charge in [-0.2, -0.15) is 0 Å². The maximum absolute atomic E-state index is 12.1. The van der Waals surface area contributed by atoms with E-state index in [2.05, 4.69) is 48.5 Å². The number of nitrogens with zero attached hydrogens (tertiary/aromatic N) is 1. The van der Waals surface area contributed by atoms with E-state index in [0.717, 1.165) is 46.2 Å². The van der Waals surface area contributed by atoms with Crippen LogP contribution in [0.1, 0.15) is 37.8 Å². The number of aryl methyl sites for hydroxylation is 1. The molecule has 31 heavy (non-hydrogen) atoms. The molecule has 1 amide bonds. The Morgan fingerprint density at radius 1 is 1.26 bits per heavy atom. The number of amides is 1. The van der Waals surface area contributed by atoms with Gasteiger partial charge in [-0.15, -0.1) is 0 Å². The van der Waals surface area contributed by atoms with Crippen molar-refractivity contribution in [2.45, 2.75) is 43.4 Å². The van der Waals surface area contributed by atoms with Crippen molar-refractivity contribution in [1.29, 1.82) is 0 Å². The molecule has 2 aromatic carbocycles. The highest BCUT2D eigenvalue weighted by molar-refractivity contribution is 7.99. The van der Waals surface area contributed by atoms with Gasteiger partial charge in [0.25, 0.3) is 0 Å². The molecule has 1 aliphatic heterocycles. The largest absolute Gasteiger partial charge is 0.496 e. The maximum Gasteiger partial charge on any atom is 0.243 e. The molecule has 168 valence electrons. The number of rotatable bonds is 8. The van der Waals surface area contributed by atoms with Gasteiger partial charge in [-0.25, -0.2) is 0 Å². The fourth-order valence-electron chi connectivity index (χ4n) is 3.61. The molecule has 1 N–H and O–H groups in total. The van der Waals surface area contributed by atoms with E-state index in [9.17, 15) is 4.79 Å². The molecule has 0 aliphatic carbocycles. The van der Waals surface area contributed by atoms with Crippen LogP contribution in [0.25, 0.3) is 6.08 Å². The molecule has 1 atom stereocenters. The molecular formula is C26H36N2O2S. The minimum Gasteiger partial charge on any atom is -0.496 e. The highest BCUT2D eigenvalue weighted by atomic mass is 32.2. The quantitative estimate of drug-likeness (QED) is 0.539. The lowest BCUT2D eigenvalue weighted by atomic mass is 10.1. The van der Waals surface area contributed by atoms with Crippen LogP contribution in [-0.4, -0.2) is 44.6 Å². The molecular weight excluding hydrogens is 404 g/mol. The molecule has 0 aromatic heterocycles. The third-order valence-corrected chi connectivity index (χ3v) is 6.34. The normalized spacial score (nSPS) is 16.1. The summed E-state index contributed by atoms with van der Waals surface area (Å²) >= 11 is 1.68. The van der Waals surface area contributed by atoms with Gasteiger partial charge in [0, 0.05) is 24.1 Å². The van der Waals surface area contributed by atoms with Crippen molar-refractivity contribution in [1.82, 2.24) is 10.2 Å². The van der Waals surface area contributed by atoms with Crippen molar-refractivity contribution < 1.29 is 9.53 Å². The second-order valence-corrected chi connectivity index (χ2v) is 8.72. The lowest BCUT2D eigenvalue weighted by Crippen LogP contribution is -2.24. The van der Waals surface area contributed by atoms with E-state index in [1.54, 1.807) is 24.9 Å². The summed E-state index contributed by atoms with van der Waals surface area (Å²) in [6, 6.07) is 14.3. The van der Waals surface area contributed by atoms with Gasteiger partial charge in [-0.1, -0.05) is 43.8 Å². The van der Waals surface area contributed by atoms with Crippen molar-refractivity contribution in [3.8, 4) is 5.75 Å². The SMILES string of the molecule is CC.COc1ccccc1Sc1ccc(/C=C/C(=O)NCCC2CCN(C)C2)c(C)c1. The van der Waals surface area contributed by atoms with E-state index >= 15 is 0 Å². The topological polar surface area (TPSA) is 41.6 Å². The second kappa shape index (κ2) is 13.2. The zero-order valence-corrected chi connectivity index (χ0v) is 20.3. The predicted molar refractivity (Wildman–Crippen MR) is 132 cm³/mol. The van der Waals surface area contributed by atoms with Crippen LogP contribution in [0.3, 0.4) is 0 Å². The van der Waals surface area contributed by atoms with E-state index in [1.165, 1.54) is 13.0 Å². The van der Waals surface area contributed by atoms with E-state index in [0.29, 0.717) is 5.92 Å². The Morgan fingerprint density at radius 2 is 2.03 bits per heavy atom. The zero-order valence-electron chi connectivity index (χ0n) is 19.5. The summed E-state index contributed by atoms with van der Waals surface area (Å²) in [6.07, 6.45) is 5.82. The highest BCUT2D eigenvalue weighted by Gasteiger charge is 2.18. The summed E-state index contributed by atoms with van der Waals surface area (Å²) < 4.78 is 5.43. The van der Waals surface area contributed by atoms with Gasteiger partial charge < -0.3 is 15.0 Å². The molecule has 1 aliphatic rings. The van der Waals surface area contributed by atoms with Crippen LogP contribution < -0.4 is 10.1 Å². The van der Waals surface area contributed by atoms with Crippen LogP contribution in [0.4, 0.5) is 0 Å². The number of carbonyl (C=O) groups excluding carboxylic acids is 1. The Kier molecular flexibility index (Phi) is 10.7. The average Bonchev–Trinajstić information content (AvgIpc) is 3.20. The third kappa shape index (κ3) is 8.08. The average molecular weight is 441 g/mol. The number of hydrogen-bond donors (Lipinski definition) is 1. The van der Waals surface area contributed by atoms with Crippen LogP contribution in [0.15, 0.2) is 58.3 Å². The lowest BCUT2D eigenvalue weighted by Gasteiger charge is -2.10. The van der Waals surface area contributed by atoms with Crippen LogP contribution in [0.5, 0.6) is 5.75 Å². The van der Waals surface area contributed by atoms with E-state index < -0.39 is 0 Å². The number of benzene rings is 2. The number of hydrogen-bond acceptors (Lipinski definition) is 4. The second-order valence-electron chi connectivity index (χ2n) is 7.60. The van der Waals surface area contributed by atoms with Crippen LogP contribution >= 0.6 is 11.8 Å². The summed E-state index contributed by atoms with van der Waals surface area (Å²) in [4.78, 5) is 16.7. The first-order valence-corrected chi connectivity index (χ1v) is 11.9. The van der Waals surface area contributed by atoms with Crippen molar-refractivity contribution >= 4 is 23.7 Å². The monoisotopic (exact) mass is 440 g/mol. The third-order valence-electron chi connectivity index (χ3n) is 5.29. The molecule has 4 nitrogen and oxygen atoms in total. The van der Waals surface area contributed by atoms with Crippen molar-refractivity contribution in [2.75, 3.05) is 33.8 Å². The molecule has 0 saturated carbocycles. The number of methoxy groups -OCH3 is 1. The predicted octanol–water partition coefficient (Wildman–Crippen LogP) is 5.65. The molecule has 1 heterocycles.